The van der Waals surface area contributed by atoms with E-state index in [0.29, 0.717) is 12.2 Å². The molecule has 3 heterocycles. The Kier molecular flexibility index (Phi) is 5.66. The maximum atomic E-state index is 13.2. The highest BCUT2D eigenvalue weighted by Gasteiger charge is 2.29. The second-order valence-corrected chi connectivity index (χ2v) is 8.74. The first-order valence-electron chi connectivity index (χ1n) is 10.6. The first-order chi connectivity index (χ1) is 14.8. The van der Waals surface area contributed by atoms with Gasteiger partial charge in [-0.2, -0.15) is 5.10 Å². The van der Waals surface area contributed by atoms with Gasteiger partial charge in [-0.3, -0.25) is 9.69 Å². The molecule has 1 aromatic carbocycles. The number of carbonyl (C=O) groups is 1. The van der Waals surface area contributed by atoms with E-state index in [1.165, 1.54) is 10.6 Å². The number of benzene rings is 1. The number of nitrogens with one attached hydrogen (secondary N) is 1. The topological polar surface area (TPSA) is 59.4 Å². The lowest BCUT2D eigenvalue weighted by Crippen LogP contribution is -2.43. The van der Waals surface area contributed by atoms with Gasteiger partial charge in [0.2, 0.25) is 0 Å². The predicted octanol–water partition coefficient (Wildman–Crippen LogP) is 3.23. The number of ether oxygens (including phenoxy) is 1. The molecule has 6 nitrogen and oxygen atoms in total. The normalized spacial score (nSPS) is 17.6. The number of carbonyl (C=O) groups excluding carboxylic acids is 1. The number of amides is 1. The molecular weight excluding hydrogens is 396 g/mol. The van der Waals surface area contributed by atoms with Crippen LogP contribution in [-0.4, -0.2) is 53.4 Å². The highest BCUT2D eigenvalue weighted by atomic mass is 32.1. The number of nitrogens with zero attached hydrogens (tertiary/aromatic N) is 3. The summed E-state index contributed by atoms with van der Waals surface area (Å²) < 4.78 is 7.47. The predicted molar refractivity (Wildman–Crippen MR) is 117 cm³/mol. The zero-order chi connectivity index (χ0) is 20.3. The number of hydrogen-bond donors (Lipinski definition) is 1. The number of para-hydroxylation sites is 1. The van der Waals surface area contributed by atoms with Crippen LogP contribution < -0.4 is 5.32 Å². The zero-order valence-corrected chi connectivity index (χ0v) is 17.7. The highest BCUT2D eigenvalue weighted by molar-refractivity contribution is 7.10. The molecule has 1 atom stereocenters. The van der Waals surface area contributed by atoms with Crippen molar-refractivity contribution in [3.63, 3.8) is 0 Å². The molecule has 156 valence electrons. The van der Waals surface area contributed by atoms with Crippen LogP contribution in [0.3, 0.4) is 0 Å². The quantitative estimate of drug-likeness (QED) is 0.663. The molecule has 0 bridgehead atoms. The van der Waals surface area contributed by atoms with Crippen molar-refractivity contribution in [2.45, 2.75) is 25.3 Å². The fourth-order valence-electron chi connectivity index (χ4n) is 4.46. The molecule has 3 aromatic rings. The van der Waals surface area contributed by atoms with E-state index in [2.05, 4.69) is 27.7 Å². The van der Waals surface area contributed by atoms with Crippen LogP contribution >= 0.6 is 11.3 Å². The van der Waals surface area contributed by atoms with Crippen molar-refractivity contribution in [2.24, 2.45) is 0 Å². The van der Waals surface area contributed by atoms with Crippen LogP contribution in [0.25, 0.3) is 5.69 Å². The SMILES string of the molecule is O=C(NC[C@H](c1cccs1)N1CCOCC1)c1nn(-c2ccccc2)c2c1CCC2. The van der Waals surface area contributed by atoms with Gasteiger partial charge < -0.3 is 10.1 Å². The smallest absolute Gasteiger partial charge is 0.272 e. The molecule has 1 amide bonds. The molecule has 30 heavy (non-hydrogen) atoms. The van der Waals surface area contributed by atoms with Gasteiger partial charge in [-0.1, -0.05) is 24.3 Å². The summed E-state index contributed by atoms with van der Waals surface area (Å²) in [5, 5.41) is 10.0. The van der Waals surface area contributed by atoms with Crippen molar-refractivity contribution in [3.8, 4) is 5.69 Å². The maximum Gasteiger partial charge on any atom is 0.272 e. The van der Waals surface area contributed by atoms with E-state index in [4.69, 9.17) is 9.84 Å². The first kappa shape index (κ1) is 19.5. The van der Waals surface area contributed by atoms with E-state index < -0.39 is 0 Å². The second-order valence-electron chi connectivity index (χ2n) is 7.76. The van der Waals surface area contributed by atoms with Crippen LogP contribution in [0.1, 0.15) is 39.1 Å². The Morgan fingerprint density at radius 3 is 2.73 bits per heavy atom. The van der Waals surface area contributed by atoms with Crippen LogP contribution in [0.15, 0.2) is 47.8 Å². The Hall–Kier alpha value is -2.48. The van der Waals surface area contributed by atoms with Crippen molar-refractivity contribution < 1.29 is 9.53 Å². The Morgan fingerprint density at radius 2 is 1.97 bits per heavy atom. The third-order valence-corrected chi connectivity index (χ3v) is 6.93. The Morgan fingerprint density at radius 1 is 1.13 bits per heavy atom. The summed E-state index contributed by atoms with van der Waals surface area (Å²) in [4.78, 5) is 16.9. The number of hydrogen-bond acceptors (Lipinski definition) is 5. The van der Waals surface area contributed by atoms with Crippen LogP contribution in [-0.2, 0) is 17.6 Å². The molecule has 0 spiro atoms. The molecule has 2 aromatic heterocycles. The molecule has 7 heteroatoms. The van der Waals surface area contributed by atoms with Gasteiger partial charge in [0.05, 0.1) is 24.9 Å². The minimum Gasteiger partial charge on any atom is -0.379 e. The Labute approximate surface area is 180 Å². The number of rotatable bonds is 6. The Bertz CT molecular complexity index is 994. The van der Waals surface area contributed by atoms with Crippen molar-refractivity contribution in [2.75, 3.05) is 32.8 Å². The Balaban J connectivity index is 1.36. The third kappa shape index (κ3) is 3.80. The monoisotopic (exact) mass is 422 g/mol. The third-order valence-electron chi connectivity index (χ3n) is 5.96. The molecule has 0 saturated carbocycles. The number of thiophene rings is 1. The summed E-state index contributed by atoms with van der Waals surface area (Å²) in [5.41, 5.74) is 3.88. The average molecular weight is 423 g/mol. The van der Waals surface area contributed by atoms with Gasteiger partial charge in [-0.05, 0) is 42.8 Å². The van der Waals surface area contributed by atoms with Crippen molar-refractivity contribution >= 4 is 17.2 Å². The minimum atomic E-state index is -0.0716. The standard InChI is InChI=1S/C23H26N4O2S/c28-23(24-16-20(21-10-5-15-30-21)26-11-13-29-14-12-26)22-18-8-4-9-19(18)27(25-22)17-6-2-1-3-7-17/h1-3,5-7,10,15,20H,4,8-9,11-14,16H2,(H,24,28)/t20-/m1/s1. The van der Waals surface area contributed by atoms with Crippen molar-refractivity contribution in [1.82, 2.24) is 20.0 Å². The summed E-state index contributed by atoms with van der Waals surface area (Å²) in [7, 11) is 0. The van der Waals surface area contributed by atoms with Crippen LogP contribution in [0, 0.1) is 0 Å². The van der Waals surface area contributed by atoms with E-state index in [1.807, 2.05) is 35.0 Å². The highest BCUT2D eigenvalue weighted by Crippen LogP contribution is 2.29. The summed E-state index contributed by atoms with van der Waals surface area (Å²) >= 11 is 1.74. The number of fused-ring (bicyclic) bond motifs is 1. The van der Waals surface area contributed by atoms with Crippen molar-refractivity contribution in [1.29, 1.82) is 0 Å². The lowest BCUT2D eigenvalue weighted by atomic mass is 10.1. The lowest BCUT2D eigenvalue weighted by Gasteiger charge is -2.34. The summed E-state index contributed by atoms with van der Waals surface area (Å²) in [6.07, 6.45) is 2.96. The number of aromatic nitrogens is 2. The summed E-state index contributed by atoms with van der Waals surface area (Å²) in [5.74, 6) is -0.0716. The van der Waals surface area contributed by atoms with E-state index in [1.54, 1.807) is 11.3 Å². The zero-order valence-electron chi connectivity index (χ0n) is 16.9. The molecule has 5 rings (SSSR count). The van der Waals surface area contributed by atoms with E-state index in [9.17, 15) is 4.79 Å². The molecule has 1 fully saturated rings. The van der Waals surface area contributed by atoms with Gasteiger partial charge in [0.1, 0.15) is 0 Å². The molecule has 0 unspecified atom stereocenters. The molecule has 2 aliphatic rings. The van der Waals surface area contributed by atoms with Crippen molar-refractivity contribution in [3.05, 3.63) is 69.7 Å². The molecule has 1 saturated heterocycles. The van der Waals surface area contributed by atoms with Crippen LogP contribution in [0.4, 0.5) is 0 Å². The van der Waals surface area contributed by atoms with Gasteiger partial charge in [-0.15, -0.1) is 11.3 Å². The van der Waals surface area contributed by atoms with E-state index in [-0.39, 0.29) is 11.9 Å². The van der Waals surface area contributed by atoms with Gasteiger partial charge in [0.15, 0.2) is 5.69 Å². The van der Waals surface area contributed by atoms with E-state index >= 15 is 0 Å². The molecule has 1 aliphatic heterocycles. The fourth-order valence-corrected chi connectivity index (χ4v) is 5.32. The first-order valence-corrected chi connectivity index (χ1v) is 11.5. The minimum absolute atomic E-state index is 0.0716. The molecule has 1 aliphatic carbocycles. The summed E-state index contributed by atoms with van der Waals surface area (Å²) in [6.45, 7) is 3.83. The lowest BCUT2D eigenvalue weighted by molar-refractivity contribution is 0.0169. The van der Waals surface area contributed by atoms with Crippen LogP contribution in [0.2, 0.25) is 0 Å². The average Bonchev–Trinajstić information content (AvgIpc) is 3.54. The molecular formula is C23H26N4O2S. The van der Waals surface area contributed by atoms with Gasteiger partial charge in [-0.25, -0.2) is 4.68 Å². The van der Waals surface area contributed by atoms with Gasteiger partial charge >= 0.3 is 0 Å². The summed E-state index contributed by atoms with van der Waals surface area (Å²) in [6, 6.07) is 14.5. The fraction of sp³-hybridized carbons (Fsp3) is 0.391. The van der Waals surface area contributed by atoms with Gasteiger partial charge in [0, 0.05) is 35.8 Å². The van der Waals surface area contributed by atoms with Crippen LogP contribution in [0.5, 0.6) is 0 Å². The maximum absolute atomic E-state index is 13.2. The molecule has 1 N–H and O–H groups in total. The van der Waals surface area contributed by atoms with E-state index in [0.717, 1.165) is 56.8 Å². The second kappa shape index (κ2) is 8.71. The van der Waals surface area contributed by atoms with Gasteiger partial charge in [0.25, 0.3) is 5.91 Å². The largest absolute Gasteiger partial charge is 0.379 e. The number of morpholine rings is 1. The molecule has 0 radical (unpaired) electrons.